The van der Waals surface area contributed by atoms with E-state index in [2.05, 4.69) is 5.32 Å². The lowest BCUT2D eigenvalue weighted by Crippen LogP contribution is -2.22. The molecule has 4 heteroatoms. The molecule has 0 aliphatic carbocycles. The third kappa shape index (κ3) is 3.92. The Morgan fingerprint density at radius 3 is 2.38 bits per heavy atom. The Labute approximate surface area is 78.2 Å². The van der Waals surface area contributed by atoms with Gasteiger partial charge in [0.15, 0.2) is 0 Å². The number of hydrogen-bond acceptors (Lipinski definition) is 3. The molecule has 0 unspecified atom stereocenters. The zero-order valence-corrected chi connectivity index (χ0v) is 8.32. The standard InChI is InChI=1S/C9H17FN2O/c1-4-5-12-7(9(10)11)8(13)6(2)3/h6,11-13H,4-5H2,1-3H3. The van der Waals surface area contributed by atoms with Gasteiger partial charge in [0.05, 0.1) is 0 Å². The number of aliphatic hydroxyl groups is 1. The zero-order chi connectivity index (χ0) is 10.4. The summed E-state index contributed by atoms with van der Waals surface area (Å²) in [5, 5.41) is 18.9. The molecular weight excluding hydrogens is 171 g/mol. The molecule has 0 fully saturated rings. The molecule has 3 nitrogen and oxygen atoms in total. The van der Waals surface area contributed by atoms with E-state index in [1.54, 1.807) is 13.8 Å². The molecule has 76 valence electrons. The van der Waals surface area contributed by atoms with Gasteiger partial charge in [-0.25, -0.2) is 0 Å². The summed E-state index contributed by atoms with van der Waals surface area (Å²) >= 11 is 0. The molecule has 0 spiro atoms. The van der Waals surface area contributed by atoms with Gasteiger partial charge in [0.2, 0.25) is 5.97 Å². The Kier molecular flexibility index (Phi) is 5.11. The first kappa shape index (κ1) is 11.9. The van der Waals surface area contributed by atoms with Crippen LogP contribution in [-0.2, 0) is 0 Å². The smallest absolute Gasteiger partial charge is 0.232 e. The van der Waals surface area contributed by atoms with Crippen LogP contribution in [0.4, 0.5) is 4.39 Å². The summed E-state index contributed by atoms with van der Waals surface area (Å²) in [5.74, 6) is -1.38. The van der Waals surface area contributed by atoms with Gasteiger partial charge in [-0.05, 0) is 6.42 Å². The van der Waals surface area contributed by atoms with Crippen LogP contribution in [0.15, 0.2) is 11.5 Å². The van der Waals surface area contributed by atoms with E-state index in [0.717, 1.165) is 6.42 Å². The van der Waals surface area contributed by atoms with E-state index < -0.39 is 5.97 Å². The second kappa shape index (κ2) is 5.56. The highest BCUT2D eigenvalue weighted by Crippen LogP contribution is 2.11. The summed E-state index contributed by atoms with van der Waals surface area (Å²) in [6, 6.07) is 0. The molecule has 0 aliphatic heterocycles. The monoisotopic (exact) mass is 188 g/mol. The van der Waals surface area contributed by atoms with E-state index in [4.69, 9.17) is 5.41 Å². The average molecular weight is 188 g/mol. The van der Waals surface area contributed by atoms with Gasteiger partial charge in [-0.3, -0.25) is 5.41 Å². The number of hydrogen-bond donors (Lipinski definition) is 3. The molecule has 0 aliphatic rings. The number of aliphatic hydroxyl groups excluding tert-OH is 1. The molecule has 0 saturated carbocycles. The van der Waals surface area contributed by atoms with Crippen molar-refractivity contribution in [2.45, 2.75) is 27.2 Å². The molecule has 13 heavy (non-hydrogen) atoms. The minimum atomic E-state index is -1.11. The van der Waals surface area contributed by atoms with Crippen molar-refractivity contribution >= 4 is 5.97 Å². The molecule has 0 aromatic heterocycles. The fraction of sp³-hybridized carbons (Fsp3) is 0.667. The predicted octanol–water partition coefficient (Wildman–Crippen LogP) is 2.36. The highest BCUT2D eigenvalue weighted by Gasteiger charge is 2.13. The number of rotatable bonds is 5. The van der Waals surface area contributed by atoms with E-state index in [9.17, 15) is 9.50 Å². The molecular formula is C9H17FN2O. The third-order valence-corrected chi connectivity index (χ3v) is 1.57. The van der Waals surface area contributed by atoms with Crippen molar-refractivity contribution < 1.29 is 9.50 Å². The number of nitrogens with one attached hydrogen (secondary N) is 2. The Bertz CT molecular complexity index is 212. The quantitative estimate of drug-likeness (QED) is 0.458. The van der Waals surface area contributed by atoms with Crippen molar-refractivity contribution in [3.05, 3.63) is 11.5 Å². The lowest BCUT2D eigenvalue weighted by atomic mass is 10.1. The molecule has 0 heterocycles. The van der Waals surface area contributed by atoms with Gasteiger partial charge in [0, 0.05) is 12.5 Å². The molecule has 0 saturated heterocycles. The van der Waals surface area contributed by atoms with Gasteiger partial charge in [-0.15, -0.1) is 0 Å². The zero-order valence-electron chi connectivity index (χ0n) is 8.32. The van der Waals surface area contributed by atoms with Gasteiger partial charge < -0.3 is 10.4 Å². The summed E-state index contributed by atoms with van der Waals surface area (Å²) in [5.41, 5.74) is -0.0862. The fourth-order valence-electron chi connectivity index (χ4n) is 0.819. The van der Waals surface area contributed by atoms with Crippen LogP contribution >= 0.6 is 0 Å². The molecule has 3 N–H and O–H groups in total. The van der Waals surface area contributed by atoms with Crippen LogP contribution in [-0.4, -0.2) is 17.6 Å². The SMILES string of the molecule is CCCNC(C(=N)F)=C(O)C(C)C. The molecule has 0 aromatic rings. The van der Waals surface area contributed by atoms with Crippen molar-refractivity contribution in [1.82, 2.24) is 5.32 Å². The van der Waals surface area contributed by atoms with Crippen molar-refractivity contribution in [1.29, 1.82) is 5.41 Å². The summed E-state index contributed by atoms with van der Waals surface area (Å²) in [7, 11) is 0. The third-order valence-electron chi connectivity index (χ3n) is 1.57. The molecule has 0 aromatic carbocycles. The molecule has 0 rings (SSSR count). The van der Waals surface area contributed by atoms with Gasteiger partial charge in [0.25, 0.3) is 0 Å². The molecule has 0 radical (unpaired) electrons. The lowest BCUT2D eigenvalue weighted by molar-refractivity contribution is 0.342. The van der Waals surface area contributed by atoms with E-state index in [-0.39, 0.29) is 17.4 Å². The average Bonchev–Trinajstić information content (AvgIpc) is 2.04. The van der Waals surface area contributed by atoms with Gasteiger partial charge in [0.1, 0.15) is 11.5 Å². The molecule has 0 amide bonds. The van der Waals surface area contributed by atoms with Crippen LogP contribution in [0.5, 0.6) is 0 Å². The Morgan fingerprint density at radius 2 is 2.08 bits per heavy atom. The lowest BCUT2D eigenvalue weighted by Gasteiger charge is -2.11. The Morgan fingerprint density at radius 1 is 1.54 bits per heavy atom. The first-order valence-electron chi connectivity index (χ1n) is 4.42. The topological polar surface area (TPSA) is 56.1 Å². The van der Waals surface area contributed by atoms with Gasteiger partial charge in [-0.1, -0.05) is 20.8 Å². The number of halogens is 1. The molecule has 0 atom stereocenters. The van der Waals surface area contributed by atoms with Crippen molar-refractivity contribution in [2.75, 3.05) is 6.54 Å². The van der Waals surface area contributed by atoms with Crippen LogP contribution in [0.25, 0.3) is 0 Å². The van der Waals surface area contributed by atoms with Crippen LogP contribution in [0, 0.1) is 11.3 Å². The normalized spacial score (nSPS) is 12.7. The van der Waals surface area contributed by atoms with E-state index >= 15 is 0 Å². The summed E-state index contributed by atoms with van der Waals surface area (Å²) in [6.07, 6.45) is 0.822. The van der Waals surface area contributed by atoms with Crippen molar-refractivity contribution in [3.63, 3.8) is 0 Å². The predicted molar refractivity (Wildman–Crippen MR) is 51.6 cm³/mol. The summed E-state index contributed by atoms with van der Waals surface area (Å²) in [4.78, 5) is 0. The highest BCUT2D eigenvalue weighted by molar-refractivity contribution is 5.89. The maximum atomic E-state index is 12.6. The van der Waals surface area contributed by atoms with E-state index in [1.165, 1.54) is 0 Å². The van der Waals surface area contributed by atoms with Crippen molar-refractivity contribution in [3.8, 4) is 0 Å². The first-order chi connectivity index (χ1) is 6.00. The second-order valence-electron chi connectivity index (χ2n) is 3.16. The largest absolute Gasteiger partial charge is 0.510 e. The van der Waals surface area contributed by atoms with Crippen LogP contribution in [0.3, 0.4) is 0 Å². The summed E-state index contributed by atoms with van der Waals surface area (Å²) in [6.45, 7) is 5.97. The minimum Gasteiger partial charge on any atom is -0.510 e. The summed E-state index contributed by atoms with van der Waals surface area (Å²) < 4.78 is 12.6. The maximum absolute atomic E-state index is 12.6. The van der Waals surface area contributed by atoms with Gasteiger partial charge >= 0.3 is 0 Å². The number of allylic oxidation sites excluding steroid dienone is 2. The molecule has 0 bridgehead atoms. The highest BCUT2D eigenvalue weighted by atomic mass is 19.1. The van der Waals surface area contributed by atoms with Crippen molar-refractivity contribution in [2.24, 2.45) is 5.92 Å². The van der Waals surface area contributed by atoms with Crippen LogP contribution in [0.1, 0.15) is 27.2 Å². The second-order valence-corrected chi connectivity index (χ2v) is 3.16. The van der Waals surface area contributed by atoms with Crippen LogP contribution in [0.2, 0.25) is 0 Å². The Balaban J connectivity index is 4.57. The van der Waals surface area contributed by atoms with Crippen LogP contribution < -0.4 is 5.32 Å². The van der Waals surface area contributed by atoms with Gasteiger partial charge in [-0.2, -0.15) is 4.39 Å². The first-order valence-corrected chi connectivity index (χ1v) is 4.42. The minimum absolute atomic E-state index is 0.0862. The Hall–Kier alpha value is -1.06. The van der Waals surface area contributed by atoms with E-state index in [0.29, 0.717) is 6.54 Å². The fourth-order valence-corrected chi connectivity index (χ4v) is 0.819. The maximum Gasteiger partial charge on any atom is 0.232 e. The van der Waals surface area contributed by atoms with E-state index in [1.807, 2.05) is 6.92 Å².